The molecular weight excluding hydrogens is 248 g/mol. The predicted molar refractivity (Wildman–Crippen MR) is 71.6 cm³/mol. The van der Waals surface area contributed by atoms with Crippen LogP contribution in [-0.2, 0) is 6.54 Å². The quantitative estimate of drug-likeness (QED) is 0.772. The van der Waals surface area contributed by atoms with Crippen LogP contribution in [0, 0.1) is 6.92 Å². The van der Waals surface area contributed by atoms with Crippen molar-refractivity contribution < 1.29 is 10.2 Å². The number of pyridine rings is 1. The van der Waals surface area contributed by atoms with E-state index >= 15 is 0 Å². The zero-order valence-corrected chi connectivity index (χ0v) is 10.9. The number of hydrogen-bond acceptors (Lipinski definition) is 5. The number of aliphatic hydroxyl groups is 1. The minimum atomic E-state index is -0.525. The topological polar surface area (TPSA) is 65.4 Å². The largest absolute Gasteiger partial charge is 0.506 e. The summed E-state index contributed by atoms with van der Waals surface area (Å²) < 4.78 is 0. The lowest BCUT2D eigenvalue weighted by Crippen LogP contribution is -2.21. The van der Waals surface area contributed by atoms with Crippen molar-refractivity contribution >= 4 is 11.3 Å². The lowest BCUT2D eigenvalue weighted by Gasteiger charge is -2.11. The van der Waals surface area contributed by atoms with Gasteiger partial charge in [0.15, 0.2) is 0 Å². The molecule has 2 heterocycles. The third kappa shape index (κ3) is 3.29. The molecule has 1 unspecified atom stereocenters. The highest BCUT2D eigenvalue weighted by Crippen LogP contribution is 2.17. The summed E-state index contributed by atoms with van der Waals surface area (Å²) in [5.41, 5.74) is 2.38. The van der Waals surface area contributed by atoms with Crippen molar-refractivity contribution in [1.29, 1.82) is 0 Å². The molecule has 2 rings (SSSR count). The van der Waals surface area contributed by atoms with Crippen LogP contribution in [0.4, 0.5) is 0 Å². The summed E-state index contributed by atoms with van der Waals surface area (Å²) in [4.78, 5) is 4.24. The van der Waals surface area contributed by atoms with Gasteiger partial charge in [0.1, 0.15) is 5.75 Å². The Morgan fingerprint density at radius 1 is 1.39 bits per heavy atom. The van der Waals surface area contributed by atoms with Gasteiger partial charge in [0.25, 0.3) is 0 Å². The molecule has 0 aliphatic heterocycles. The molecule has 0 saturated heterocycles. The van der Waals surface area contributed by atoms with E-state index in [9.17, 15) is 10.2 Å². The summed E-state index contributed by atoms with van der Waals surface area (Å²) in [6.07, 6.45) is -0.525. The molecule has 0 saturated carbocycles. The number of nitrogens with zero attached hydrogens (tertiary/aromatic N) is 1. The van der Waals surface area contributed by atoms with Crippen LogP contribution in [0.15, 0.2) is 29.0 Å². The molecule has 1 atom stereocenters. The third-order valence-electron chi connectivity index (χ3n) is 2.65. The van der Waals surface area contributed by atoms with Gasteiger partial charge in [0, 0.05) is 18.8 Å². The molecular formula is C13H16N2O2S. The van der Waals surface area contributed by atoms with E-state index in [0.29, 0.717) is 18.8 Å². The fourth-order valence-corrected chi connectivity index (χ4v) is 2.35. The molecule has 0 fully saturated rings. The van der Waals surface area contributed by atoms with Crippen molar-refractivity contribution in [2.45, 2.75) is 19.6 Å². The van der Waals surface area contributed by atoms with E-state index in [1.165, 1.54) is 0 Å². The second-order valence-electron chi connectivity index (χ2n) is 4.12. The Balaban J connectivity index is 1.87. The summed E-state index contributed by atoms with van der Waals surface area (Å²) >= 11 is 1.56. The smallest absolute Gasteiger partial charge is 0.138 e. The Kier molecular flexibility index (Phi) is 4.30. The molecule has 96 valence electrons. The van der Waals surface area contributed by atoms with Gasteiger partial charge in [-0.3, -0.25) is 4.98 Å². The molecule has 0 bridgehead atoms. The van der Waals surface area contributed by atoms with E-state index in [-0.39, 0.29) is 5.75 Å². The molecule has 2 aromatic heterocycles. The summed E-state index contributed by atoms with van der Waals surface area (Å²) in [6, 6.07) is 5.30. The fourth-order valence-electron chi connectivity index (χ4n) is 1.64. The number of aromatic hydroxyl groups is 1. The third-order valence-corrected chi connectivity index (χ3v) is 3.35. The zero-order chi connectivity index (χ0) is 13.0. The Morgan fingerprint density at radius 2 is 2.22 bits per heavy atom. The maximum Gasteiger partial charge on any atom is 0.138 e. The van der Waals surface area contributed by atoms with Crippen LogP contribution in [0.25, 0.3) is 0 Å². The SMILES string of the molecule is Cc1ccc(O)c(CNCC(O)c2ccsc2)n1. The van der Waals surface area contributed by atoms with Crippen molar-refractivity contribution in [2.24, 2.45) is 0 Å². The summed E-state index contributed by atoms with van der Waals surface area (Å²) in [6.45, 7) is 2.75. The van der Waals surface area contributed by atoms with Crippen molar-refractivity contribution in [3.8, 4) is 5.75 Å². The molecule has 0 aliphatic rings. The first-order valence-corrected chi connectivity index (χ1v) is 6.67. The van der Waals surface area contributed by atoms with E-state index in [1.807, 2.05) is 23.8 Å². The summed E-state index contributed by atoms with van der Waals surface area (Å²) in [7, 11) is 0. The molecule has 0 aliphatic carbocycles. The first-order valence-electron chi connectivity index (χ1n) is 5.73. The van der Waals surface area contributed by atoms with Crippen LogP contribution in [0.5, 0.6) is 5.75 Å². The van der Waals surface area contributed by atoms with Crippen molar-refractivity contribution in [3.05, 3.63) is 45.9 Å². The van der Waals surface area contributed by atoms with Crippen molar-refractivity contribution in [1.82, 2.24) is 10.3 Å². The number of thiophene rings is 1. The molecule has 2 aromatic rings. The Labute approximate surface area is 110 Å². The molecule has 3 N–H and O–H groups in total. The number of aromatic nitrogens is 1. The Hall–Kier alpha value is -1.43. The van der Waals surface area contributed by atoms with E-state index in [1.54, 1.807) is 23.5 Å². The number of aryl methyl sites for hydroxylation is 1. The first kappa shape index (κ1) is 13.0. The van der Waals surface area contributed by atoms with Gasteiger partial charge >= 0.3 is 0 Å². The van der Waals surface area contributed by atoms with Crippen molar-refractivity contribution in [2.75, 3.05) is 6.54 Å². The standard InChI is InChI=1S/C13H16N2O2S/c1-9-2-3-12(16)11(15-9)6-14-7-13(17)10-4-5-18-8-10/h2-5,8,13-14,16-17H,6-7H2,1H3. The number of hydrogen-bond donors (Lipinski definition) is 3. The second-order valence-corrected chi connectivity index (χ2v) is 4.90. The molecule has 0 radical (unpaired) electrons. The van der Waals surface area contributed by atoms with Gasteiger partial charge in [-0.25, -0.2) is 0 Å². The summed E-state index contributed by atoms with van der Waals surface area (Å²) in [5.74, 6) is 0.179. The average molecular weight is 264 g/mol. The number of rotatable bonds is 5. The molecule has 5 heteroatoms. The average Bonchev–Trinajstić information content (AvgIpc) is 2.87. The van der Waals surface area contributed by atoms with Crippen LogP contribution in [-0.4, -0.2) is 21.7 Å². The minimum Gasteiger partial charge on any atom is -0.506 e. The lowest BCUT2D eigenvalue weighted by molar-refractivity contribution is 0.174. The molecule has 18 heavy (non-hydrogen) atoms. The monoisotopic (exact) mass is 264 g/mol. The van der Waals surface area contributed by atoms with Gasteiger partial charge in [-0.2, -0.15) is 11.3 Å². The highest BCUT2D eigenvalue weighted by atomic mass is 32.1. The first-order chi connectivity index (χ1) is 8.66. The molecule has 4 nitrogen and oxygen atoms in total. The fraction of sp³-hybridized carbons (Fsp3) is 0.308. The van der Waals surface area contributed by atoms with Crippen molar-refractivity contribution in [3.63, 3.8) is 0 Å². The summed E-state index contributed by atoms with van der Waals surface area (Å²) in [5, 5.41) is 26.4. The second kappa shape index (κ2) is 5.95. The van der Waals surface area contributed by atoms with Crippen LogP contribution in [0.2, 0.25) is 0 Å². The number of nitrogens with one attached hydrogen (secondary N) is 1. The minimum absolute atomic E-state index is 0.179. The molecule has 0 amide bonds. The Morgan fingerprint density at radius 3 is 2.94 bits per heavy atom. The number of aliphatic hydroxyl groups excluding tert-OH is 1. The Bertz CT molecular complexity index is 500. The van der Waals surface area contributed by atoms with Crippen LogP contribution >= 0.6 is 11.3 Å². The van der Waals surface area contributed by atoms with E-state index in [4.69, 9.17) is 0 Å². The maximum atomic E-state index is 9.87. The highest BCUT2D eigenvalue weighted by Gasteiger charge is 2.08. The van der Waals surface area contributed by atoms with Gasteiger partial charge in [0.05, 0.1) is 11.8 Å². The van der Waals surface area contributed by atoms with Gasteiger partial charge in [-0.05, 0) is 41.4 Å². The van der Waals surface area contributed by atoms with Gasteiger partial charge < -0.3 is 15.5 Å². The maximum absolute atomic E-state index is 9.87. The van der Waals surface area contributed by atoms with E-state index in [0.717, 1.165) is 11.3 Å². The van der Waals surface area contributed by atoms with E-state index in [2.05, 4.69) is 10.3 Å². The van der Waals surface area contributed by atoms with Gasteiger partial charge in [-0.1, -0.05) is 0 Å². The predicted octanol–water partition coefficient (Wildman–Crippen LogP) is 1.98. The lowest BCUT2D eigenvalue weighted by atomic mass is 10.2. The molecule has 0 spiro atoms. The van der Waals surface area contributed by atoms with Crippen LogP contribution in [0.1, 0.15) is 23.1 Å². The van der Waals surface area contributed by atoms with Crippen LogP contribution in [0.3, 0.4) is 0 Å². The molecule has 0 aromatic carbocycles. The highest BCUT2D eigenvalue weighted by molar-refractivity contribution is 7.07. The normalized spacial score (nSPS) is 12.6. The van der Waals surface area contributed by atoms with Crippen LogP contribution < -0.4 is 5.32 Å². The van der Waals surface area contributed by atoms with Gasteiger partial charge in [-0.15, -0.1) is 0 Å². The zero-order valence-electron chi connectivity index (χ0n) is 10.1. The van der Waals surface area contributed by atoms with E-state index < -0.39 is 6.10 Å². The van der Waals surface area contributed by atoms with Gasteiger partial charge in [0.2, 0.25) is 0 Å².